The molecule has 1 heterocycles. The molecule has 0 aliphatic carbocycles. The zero-order valence-electron chi connectivity index (χ0n) is 13.3. The van der Waals surface area contributed by atoms with Crippen LogP contribution in [0.2, 0.25) is 0 Å². The first kappa shape index (κ1) is 15.3. The highest BCUT2D eigenvalue weighted by molar-refractivity contribution is 6.09. The number of furan rings is 1. The average molecular weight is 304 g/mol. The summed E-state index contributed by atoms with van der Waals surface area (Å²) in [7, 11) is 0. The fourth-order valence-corrected chi connectivity index (χ4v) is 2.56. The topological polar surface area (TPSA) is 30.2 Å². The lowest BCUT2D eigenvalue weighted by atomic mass is 10.0. The van der Waals surface area contributed by atoms with E-state index in [1.54, 1.807) is 0 Å². The summed E-state index contributed by atoms with van der Waals surface area (Å²) in [5.41, 5.74) is 2.40. The van der Waals surface area contributed by atoms with E-state index in [2.05, 4.69) is 6.92 Å². The van der Waals surface area contributed by atoms with Gasteiger partial charge in [-0.1, -0.05) is 67.9 Å². The molecular formula is C21H20O2. The number of aryl methyl sites for hydroxylation is 1. The molecule has 1 aromatic heterocycles. The number of rotatable bonds is 6. The Morgan fingerprint density at radius 1 is 0.870 bits per heavy atom. The maximum absolute atomic E-state index is 12.4. The molecule has 0 aliphatic rings. The van der Waals surface area contributed by atoms with Crippen molar-refractivity contribution < 1.29 is 9.21 Å². The minimum atomic E-state index is 0.0419. The molecule has 0 bridgehead atoms. The molecule has 0 spiro atoms. The molecule has 0 unspecified atom stereocenters. The van der Waals surface area contributed by atoms with Crippen LogP contribution in [0.25, 0.3) is 11.3 Å². The fraction of sp³-hybridized carbons (Fsp3) is 0.190. The lowest BCUT2D eigenvalue weighted by Crippen LogP contribution is -2.00. The van der Waals surface area contributed by atoms with Crippen molar-refractivity contribution in [2.75, 3.05) is 0 Å². The largest absolute Gasteiger partial charge is 0.461 e. The lowest BCUT2D eigenvalue weighted by Gasteiger charge is -2.03. The third-order valence-corrected chi connectivity index (χ3v) is 3.91. The number of unbranched alkanes of at least 4 members (excludes halogenated alkanes) is 1. The SMILES string of the molecule is CCCCc1ccc(-c2ccc(C(=O)c3ccccc3)cc2)o1. The summed E-state index contributed by atoms with van der Waals surface area (Å²) < 4.78 is 5.87. The van der Waals surface area contributed by atoms with E-state index in [0.29, 0.717) is 11.1 Å². The fourth-order valence-electron chi connectivity index (χ4n) is 2.56. The monoisotopic (exact) mass is 304 g/mol. The molecule has 3 aromatic rings. The first-order valence-corrected chi connectivity index (χ1v) is 8.07. The number of carbonyl (C=O) groups excluding carboxylic acids is 1. The highest BCUT2D eigenvalue weighted by Crippen LogP contribution is 2.24. The molecule has 0 saturated heterocycles. The number of hydrogen-bond acceptors (Lipinski definition) is 2. The van der Waals surface area contributed by atoms with Crippen LogP contribution in [-0.4, -0.2) is 5.78 Å². The molecule has 2 heteroatoms. The Kier molecular flexibility index (Phi) is 4.72. The lowest BCUT2D eigenvalue weighted by molar-refractivity contribution is 0.103. The van der Waals surface area contributed by atoms with Crippen molar-refractivity contribution in [3.63, 3.8) is 0 Å². The van der Waals surface area contributed by atoms with E-state index >= 15 is 0 Å². The van der Waals surface area contributed by atoms with Gasteiger partial charge in [0, 0.05) is 23.1 Å². The molecule has 0 saturated carbocycles. The Bertz CT molecular complexity index is 767. The maximum Gasteiger partial charge on any atom is 0.193 e. The molecular weight excluding hydrogens is 284 g/mol. The van der Waals surface area contributed by atoms with Crippen molar-refractivity contribution >= 4 is 5.78 Å². The molecule has 23 heavy (non-hydrogen) atoms. The highest BCUT2D eigenvalue weighted by Gasteiger charge is 2.10. The van der Waals surface area contributed by atoms with Crippen molar-refractivity contribution in [3.8, 4) is 11.3 Å². The second-order valence-electron chi connectivity index (χ2n) is 5.64. The number of benzene rings is 2. The third-order valence-electron chi connectivity index (χ3n) is 3.91. The Balaban J connectivity index is 1.77. The standard InChI is InChI=1S/C21H20O2/c1-2-3-9-19-14-15-20(23-19)16-10-12-18(13-11-16)21(22)17-7-5-4-6-8-17/h4-8,10-15H,2-3,9H2,1H3. The van der Waals surface area contributed by atoms with Crippen molar-refractivity contribution in [3.05, 3.63) is 83.6 Å². The summed E-state index contributed by atoms with van der Waals surface area (Å²) in [5.74, 6) is 1.92. The van der Waals surface area contributed by atoms with Crippen LogP contribution in [0.3, 0.4) is 0 Å². The quantitative estimate of drug-likeness (QED) is 0.561. The molecule has 0 fully saturated rings. The Morgan fingerprint density at radius 3 is 2.26 bits per heavy atom. The summed E-state index contributed by atoms with van der Waals surface area (Å²) in [6, 6.07) is 21.0. The molecule has 0 atom stereocenters. The van der Waals surface area contributed by atoms with Gasteiger partial charge in [0.05, 0.1) is 0 Å². The maximum atomic E-state index is 12.4. The van der Waals surface area contributed by atoms with Gasteiger partial charge < -0.3 is 4.42 Å². The zero-order chi connectivity index (χ0) is 16.1. The minimum absolute atomic E-state index is 0.0419. The van der Waals surface area contributed by atoms with E-state index in [1.165, 1.54) is 0 Å². The summed E-state index contributed by atoms with van der Waals surface area (Å²) in [5, 5.41) is 0. The summed E-state index contributed by atoms with van der Waals surface area (Å²) in [6.45, 7) is 2.17. The molecule has 2 aromatic carbocycles. The van der Waals surface area contributed by atoms with Gasteiger partial charge in [-0.3, -0.25) is 4.79 Å². The van der Waals surface area contributed by atoms with Crippen molar-refractivity contribution in [1.82, 2.24) is 0 Å². The summed E-state index contributed by atoms with van der Waals surface area (Å²) in [4.78, 5) is 12.4. The van der Waals surface area contributed by atoms with Crippen LogP contribution >= 0.6 is 0 Å². The summed E-state index contributed by atoms with van der Waals surface area (Å²) >= 11 is 0. The average Bonchev–Trinajstić information content (AvgIpc) is 3.09. The second-order valence-corrected chi connectivity index (χ2v) is 5.64. The van der Waals surface area contributed by atoms with E-state index < -0.39 is 0 Å². The van der Waals surface area contributed by atoms with E-state index in [0.717, 1.165) is 36.3 Å². The van der Waals surface area contributed by atoms with Gasteiger partial charge in [0.15, 0.2) is 5.78 Å². The van der Waals surface area contributed by atoms with Gasteiger partial charge in [0.25, 0.3) is 0 Å². The van der Waals surface area contributed by atoms with Gasteiger partial charge in [-0.25, -0.2) is 0 Å². The van der Waals surface area contributed by atoms with Crippen molar-refractivity contribution in [2.24, 2.45) is 0 Å². The first-order chi connectivity index (χ1) is 11.3. The van der Waals surface area contributed by atoms with E-state index in [-0.39, 0.29) is 5.78 Å². The molecule has 0 aliphatic heterocycles. The van der Waals surface area contributed by atoms with Crippen LogP contribution in [-0.2, 0) is 6.42 Å². The second kappa shape index (κ2) is 7.10. The first-order valence-electron chi connectivity index (χ1n) is 8.07. The van der Waals surface area contributed by atoms with Gasteiger partial charge in [-0.15, -0.1) is 0 Å². The Morgan fingerprint density at radius 2 is 1.57 bits per heavy atom. The van der Waals surface area contributed by atoms with Crippen LogP contribution in [0.4, 0.5) is 0 Å². The zero-order valence-corrected chi connectivity index (χ0v) is 13.3. The van der Waals surface area contributed by atoms with Crippen molar-refractivity contribution in [2.45, 2.75) is 26.2 Å². The number of hydrogen-bond donors (Lipinski definition) is 0. The molecule has 2 nitrogen and oxygen atoms in total. The Labute approximate surface area is 136 Å². The van der Waals surface area contributed by atoms with Gasteiger partial charge in [0.2, 0.25) is 0 Å². The van der Waals surface area contributed by atoms with Crippen LogP contribution in [0, 0.1) is 0 Å². The van der Waals surface area contributed by atoms with Gasteiger partial charge in [0.1, 0.15) is 11.5 Å². The molecule has 116 valence electrons. The normalized spacial score (nSPS) is 10.7. The van der Waals surface area contributed by atoms with Crippen LogP contribution < -0.4 is 0 Å². The summed E-state index contributed by atoms with van der Waals surface area (Å²) in [6.07, 6.45) is 3.27. The van der Waals surface area contributed by atoms with Gasteiger partial charge in [-0.05, 0) is 18.6 Å². The predicted molar refractivity (Wildman–Crippen MR) is 92.6 cm³/mol. The van der Waals surface area contributed by atoms with Gasteiger partial charge in [-0.2, -0.15) is 0 Å². The van der Waals surface area contributed by atoms with Crippen LogP contribution in [0.1, 0.15) is 41.4 Å². The molecule has 3 rings (SSSR count). The van der Waals surface area contributed by atoms with E-state index in [9.17, 15) is 4.79 Å². The molecule has 0 N–H and O–H groups in total. The van der Waals surface area contributed by atoms with Crippen LogP contribution in [0.5, 0.6) is 0 Å². The Hall–Kier alpha value is -2.61. The number of carbonyl (C=O) groups is 1. The third kappa shape index (κ3) is 3.59. The minimum Gasteiger partial charge on any atom is -0.461 e. The van der Waals surface area contributed by atoms with Crippen molar-refractivity contribution in [1.29, 1.82) is 0 Å². The van der Waals surface area contributed by atoms with E-state index in [4.69, 9.17) is 4.42 Å². The van der Waals surface area contributed by atoms with Crippen LogP contribution in [0.15, 0.2) is 71.1 Å². The molecule has 0 radical (unpaired) electrons. The predicted octanol–water partition coefficient (Wildman–Crippen LogP) is 5.52. The van der Waals surface area contributed by atoms with E-state index in [1.807, 2.05) is 66.7 Å². The highest BCUT2D eigenvalue weighted by atomic mass is 16.3. The smallest absolute Gasteiger partial charge is 0.193 e. The molecule has 0 amide bonds. The number of ketones is 1. The van der Waals surface area contributed by atoms with Gasteiger partial charge >= 0.3 is 0 Å².